The number of halogens is 1. The Balaban J connectivity index is 2.10. The average Bonchev–Trinajstić information content (AvgIpc) is 2.64. The van der Waals surface area contributed by atoms with Gasteiger partial charge in [-0.15, -0.1) is 11.8 Å². The van der Waals surface area contributed by atoms with Crippen molar-refractivity contribution in [2.45, 2.75) is 42.9 Å². The van der Waals surface area contributed by atoms with Gasteiger partial charge in [-0.3, -0.25) is 0 Å². The highest BCUT2D eigenvalue weighted by Gasteiger charge is 2.18. The zero-order chi connectivity index (χ0) is 9.97. The van der Waals surface area contributed by atoms with Crippen molar-refractivity contribution < 1.29 is 0 Å². The molecule has 0 aromatic carbocycles. The van der Waals surface area contributed by atoms with Crippen molar-refractivity contribution in [3.05, 3.63) is 16.5 Å². The molecule has 0 aliphatic heterocycles. The maximum absolute atomic E-state index is 4.44. The first-order valence-corrected chi connectivity index (χ1v) is 6.59. The molecule has 1 aromatic heterocycles. The molecule has 0 amide bonds. The number of rotatable bonds is 2. The van der Waals surface area contributed by atoms with Gasteiger partial charge in [0.1, 0.15) is 10.9 Å². The van der Waals surface area contributed by atoms with E-state index in [1.54, 1.807) is 0 Å². The second-order valence-corrected chi connectivity index (χ2v) is 5.74. The van der Waals surface area contributed by atoms with Crippen molar-refractivity contribution in [2.24, 2.45) is 0 Å². The Bertz CT molecular complexity index is 324. The van der Waals surface area contributed by atoms with Gasteiger partial charge in [-0.05, 0) is 35.7 Å². The first-order chi connectivity index (χ1) is 6.75. The standard InChI is InChI=1S/C10H13BrN2S/c1-7-12-6-9(11)10(13-7)14-8-4-2-3-5-8/h6,8H,2-5H2,1H3. The van der Waals surface area contributed by atoms with E-state index in [0.717, 1.165) is 20.6 Å². The zero-order valence-electron chi connectivity index (χ0n) is 8.16. The van der Waals surface area contributed by atoms with Crippen LogP contribution in [0.2, 0.25) is 0 Å². The van der Waals surface area contributed by atoms with Crippen LogP contribution in [0.15, 0.2) is 15.7 Å². The van der Waals surface area contributed by atoms with Crippen LogP contribution in [0.25, 0.3) is 0 Å². The minimum Gasteiger partial charge on any atom is -0.240 e. The van der Waals surface area contributed by atoms with Crippen molar-refractivity contribution >= 4 is 27.7 Å². The van der Waals surface area contributed by atoms with E-state index in [0.29, 0.717) is 0 Å². The van der Waals surface area contributed by atoms with E-state index in [1.165, 1.54) is 25.7 Å². The predicted octanol–water partition coefficient (Wildman–Crippen LogP) is 3.58. The summed E-state index contributed by atoms with van der Waals surface area (Å²) in [6, 6.07) is 0. The Morgan fingerprint density at radius 2 is 2.14 bits per heavy atom. The fraction of sp³-hybridized carbons (Fsp3) is 0.600. The Hall–Kier alpha value is -0.0900. The van der Waals surface area contributed by atoms with Crippen molar-refractivity contribution in [3.63, 3.8) is 0 Å². The van der Waals surface area contributed by atoms with Gasteiger partial charge in [0.15, 0.2) is 0 Å². The van der Waals surface area contributed by atoms with E-state index in [1.807, 2.05) is 24.9 Å². The van der Waals surface area contributed by atoms with E-state index >= 15 is 0 Å². The normalized spacial score (nSPS) is 17.6. The summed E-state index contributed by atoms with van der Waals surface area (Å²) in [5.41, 5.74) is 0. The minimum atomic E-state index is 0.764. The fourth-order valence-corrected chi connectivity index (χ4v) is 3.39. The minimum absolute atomic E-state index is 0.764. The Morgan fingerprint density at radius 3 is 2.86 bits per heavy atom. The summed E-state index contributed by atoms with van der Waals surface area (Å²) in [6.07, 6.45) is 7.26. The summed E-state index contributed by atoms with van der Waals surface area (Å²) in [6.45, 7) is 1.94. The molecule has 0 N–H and O–H groups in total. The highest BCUT2D eigenvalue weighted by atomic mass is 79.9. The van der Waals surface area contributed by atoms with E-state index in [4.69, 9.17) is 0 Å². The van der Waals surface area contributed by atoms with Gasteiger partial charge in [-0.1, -0.05) is 12.8 Å². The van der Waals surface area contributed by atoms with Gasteiger partial charge in [0.25, 0.3) is 0 Å². The smallest absolute Gasteiger partial charge is 0.126 e. The largest absolute Gasteiger partial charge is 0.240 e. The SMILES string of the molecule is Cc1ncc(Br)c(SC2CCCC2)n1. The van der Waals surface area contributed by atoms with Crippen LogP contribution >= 0.6 is 27.7 Å². The summed E-state index contributed by atoms with van der Waals surface area (Å²) < 4.78 is 1.03. The van der Waals surface area contributed by atoms with Crippen LogP contribution in [0.5, 0.6) is 0 Å². The molecule has 0 spiro atoms. The molecule has 1 heterocycles. The van der Waals surface area contributed by atoms with Crippen LogP contribution in [0.4, 0.5) is 0 Å². The molecule has 2 rings (SSSR count). The first-order valence-electron chi connectivity index (χ1n) is 4.91. The molecule has 2 nitrogen and oxygen atoms in total. The summed E-state index contributed by atoms with van der Waals surface area (Å²) >= 11 is 5.39. The van der Waals surface area contributed by atoms with Crippen LogP contribution in [0.3, 0.4) is 0 Å². The van der Waals surface area contributed by atoms with Gasteiger partial charge in [0, 0.05) is 11.4 Å². The molecule has 1 saturated carbocycles. The highest BCUT2D eigenvalue weighted by Crippen LogP contribution is 2.36. The average molecular weight is 273 g/mol. The lowest BCUT2D eigenvalue weighted by molar-refractivity contribution is 0.886. The van der Waals surface area contributed by atoms with Crippen LogP contribution in [-0.2, 0) is 0 Å². The van der Waals surface area contributed by atoms with Crippen LogP contribution < -0.4 is 0 Å². The maximum Gasteiger partial charge on any atom is 0.126 e. The molecule has 76 valence electrons. The third-order valence-corrected chi connectivity index (χ3v) is 4.59. The molecule has 0 unspecified atom stereocenters. The summed E-state index contributed by atoms with van der Waals surface area (Å²) in [5, 5.41) is 1.87. The van der Waals surface area contributed by atoms with Crippen molar-refractivity contribution in [3.8, 4) is 0 Å². The topological polar surface area (TPSA) is 25.8 Å². The van der Waals surface area contributed by atoms with Gasteiger partial charge in [0.2, 0.25) is 0 Å². The van der Waals surface area contributed by atoms with Gasteiger partial charge in [0.05, 0.1) is 4.47 Å². The fourth-order valence-electron chi connectivity index (χ4n) is 1.68. The molecule has 1 aromatic rings. The highest BCUT2D eigenvalue weighted by molar-refractivity contribution is 9.10. The molecule has 1 fully saturated rings. The lowest BCUT2D eigenvalue weighted by atomic mass is 10.4. The predicted molar refractivity (Wildman–Crippen MR) is 62.6 cm³/mol. The van der Waals surface area contributed by atoms with Gasteiger partial charge in [-0.2, -0.15) is 0 Å². The summed E-state index contributed by atoms with van der Waals surface area (Å²) in [7, 11) is 0. The maximum atomic E-state index is 4.44. The quantitative estimate of drug-likeness (QED) is 0.770. The molecule has 4 heteroatoms. The van der Waals surface area contributed by atoms with E-state index in [-0.39, 0.29) is 0 Å². The summed E-state index contributed by atoms with van der Waals surface area (Å²) in [5.74, 6) is 0.855. The van der Waals surface area contributed by atoms with Crippen LogP contribution in [0.1, 0.15) is 31.5 Å². The Kier molecular flexibility index (Phi) is 3.44. The molecule has 0 saturated heterocycles. The van der Waals surface area contributed by atoms with Gasteiger partial charge < -0.3 is 0 Å². The number of nitrogens with zero attached hydrogens (tertiary/aromatic N) is 2. The first kappa shape index (κ1) is 10.4. The number of aromatic nitrogens is 2. The van der Waals surface area contributed by atoms with E-state index < -0.39 is 0 Å². The molecule has 0 atom stereocenters. The van der Waals surface area contributed by atoms with Crippen LogP contribution in [-0.4, -0.2) is 15.2 Å². The molecule has 0 bridgehead atoms. The molecular formula is C10H13BrN2S. The molecule has 14 heavy (non-hydrogen) atoms. The second-order valence-electron chi connectivity index (χ2n) is 3.59. The van der Waals surface area contributed by atoms with Crippen LogP contribution in [0, 0.1) is 6.92 Å². The van der Waals surface area contributed by atoms with Crippen molar-refractivity contribution in [1.82, 2.24) is 9.97 Å². The Morgan fingerprint density at radius 1 is 1.43 bits per heavy atom. The molecular weight excluding hydrogens is 260 g/mol. The summed E-state index contributed by atoms with van der Waals surface area (Å²) in [4.78, 5) is 8.58. The van der Waals surface area contributed by atoms with Gasteiger partial charge in [-0.25, -0.2) is 9.97 Å². The molecule has 0 radical (unpaired) electrons. The zero-order valence-corrected chi connectivity index (χ0v) is 10.6. The number of aryl methyl sites for hydroxylation is 1. The molecule has 1 aliphatic rings. The van der Waals surface area contributed by atoms with Gasteiger partial charge >= 0.3 is 0 Å². The third kappa shape index (κ3) is 2.48. The number of hydrogen-bond acceptors (Lipinski definition) is 3. The monoisotopic (exact) mass is 272 g/mol. The second kappa shape index (κ2) is 4.62. The third-order valence-electron chi connectivity index (χ3n) is 2.41. The van der Waals surface area contributed by atoms with Crippen molar-refractivity contribution in [2.75, 3.05) is 0 Å². The van der Waals surface area contributed by atoms with E-state index in [2.05, 4.69) is 25.9 Å². The number of thioether (sulfide) groups is 1. The van der Waals surface area contributed by atoms with E-state index in [9.17, 15) is 0 Å². The lowest BCUT2D eigenvalue weighted by Crippen LogP contribution is -1.97. The number of hydrogen-bond donors (Lipinski definition) is 0. The van der Waals surface area contributed by atoms with Crippen molar-refractivity contribution in [1.29, 1.82) is 0 Å². The Labute approximate surface area is 97.0 Å². The lowest BCUT2D eigenvalue weighted by Gasteiger charge is -2.09. The molecule has 1 aliphatic carbocycles.